The van der Waals surface area contributed by atoms with E-state index in [1.807, 2.05) is 29.6 Å². The zero-order valence-corrected chi connectivity index (χ0v) is 11.0. The lowest BCUT2D eigenvalue weighted by atomic mass is 10.1. The molecule has 0 amide bonds. The second kappa shape index (κ2) is 5.95. The van der Waals surface area contributed by atoms with Crippen LogP contribution in [0.3, 0.4) is 0 Å². The van der Waals surface area contributed by atoms with E-state index < -0.39 is 6.10 Å². The van der Waals surface area contributed by atoms with Crippen molar-refractivity contribution < 1.29 is 9.84 Å². The van der Waals surface area contributed by atoms with E-state index in [0.29, 0.717) is 18.3 Å². The first-order chi connectivity index (χ1) is 8.66. The topological polar surface area (TPSA) is 68.4 Å². The number of hydrogen-bond donors (Lipinski definition) is 2. The Labute approximate surface area is 110 Å². The summed E-state index contributed by atoms with van der Waals surface area (Å²) in [6.45, 7) is 2.49. The molecular formula is C13H16N2O2S. The summed E-state index contributed by atoms with van der Waals surface area (Å²) in [6, 6.07) is 7.91. The molecule has 0 spiro atoms. The average molecular weight is 264 g/mol. The first-order valence-corrected chi connectivity index (χ1v) is 6.60. The van der Waals surface area contributed by atoms with Crippen LogP contribution in [-0.4, -0.2) is 22.8 Å². The molecule has 1 aromatic carbocycles. The van der Waals surface area contributed by atoms with E-state index in [-0.39, 0.29) is 0 Å². The normalized spacial score (nSPS) is 12.6. The van der Waals surface area contributed by atoms with Gasteiger partial charge in [0.15, 0.2) is 5.13 Å². The van der Waals surface area contributed by atoms with Gasteiger partial charge in [-0.15, -0.1) is 11.3 Å². The van der Waals surface area contributed by atoms with E-state index in [9.17, 15) is 0 Å². The van der Waals surface area contributed by atoms with Crippen molar-refractivity contribution in [2.24, 2.45) is 0 Å². The summed E-state index contributed by atoms with van der Waals surface area (Å²) in [5.41, 5.74) is 8.59. The van der Waals surface area contributed by atoms with Crippen LogP contribution in [0.4, 0.5) is 5.13 Å². The van der Waals surface area contributed by atoms with Gasteiger partial charge in [-0.05, 0) is 12.5 Å². The van der Waals surface area contributed by atoms with E-state index in [4.69, 9.17) is 15.6 Å². The predicted octanol–water partition coefficient (Wildman–Crippen LogP) is 2.29. The fraction of sp³-hybridized carbons (Fsp3) is 0.308. The summed E-state index contributed by atoms with van der Waals surface area (Å²) in [6.07, 6.45) is -0.452. The zero-order valence-electron chi connectivity index (χ0n) is 10.2. The lowest BCUT2D eigenvalue weighted by molar-refractivity contribution is 0.0377. The van der Waals surface area contributed by atoms with E-state index in [1.54, 1.807) is 6.92 Å². The molecule has 2 rings (SSSR count). The molecule has 4 nitrogen and oxygen atoms in total. The number of nitrogens with zero attached hydrogens (tertiary/aromatic N) is 1. The van der Waals surface area contributed by atoms with Crippen molar-refractivity contribution in [2.75, 3.05) is 12.3 Å². The van der Waals surface area contributed by atoms with Gasteiger partial charge in [0.05, 0.1) is 25.0 Å². The van der Waals surface area contributed by atoms with Crippen molar-refractivity contribution in [3.8, 4) is 11.3 Å². The van der Waals surface area contributed by atoms with Crippen molar-refractivity contribution >= 4 is 16.5 Å². The highest BCUT2D eigenvalue weighted by Gasteiger charge is 2.08. The van der Waals surface area contributed by atoms with Gasteiger partial charge in [-0.1, -0.05) is 24.3 Å². The molecule has 2 aromatic rings. The fourth-order valence-electron chi connectivity index (χ4n) is 1.65. The summed E-state index contributed by atoms with van der Waals surface area (Å²) in [4.78, 5) is 4.28. The van der Waals surface area contributed by atoms with Crippen molar-refractivity contribution in [2.45, 2.75) is 19.6 Å². The largest absolute Gasteiger partial charge is 0.391 e. The van der Waals surface area contributed by atoms with Crippen molar-refractivity contribution in [3.63, 3.8) is 0 Å². The number of aliphatic hydroxyl groups excluding tert-OH is 1. The monoisotopic (exact) mass is 264 g/mol. The maximum absolute atomic E-state index is 9.17. The maximum Gasteiger partial charge on any atom is 0.180 e. The first kappa shape index (κ1) is 13.0. The molecule has 0 saturated carbocycles. The Morgan fingerprint density at radius 3 is 2.89 bits per heavy atom. The number of aromatic nitrogens is 1. The minimum absolute atomic E-state index is 0.327. The number of anilines is 1. The molecule has 0 radical (unpaired) electrons. The minimum Gasteiger partial charge on any atom is -0.391 e. The molecule has 1 aromatic heterocycles. The van der Waals surface area contributed by atoms with Crippen LogP contribution in [-0.2, 0) is 11.3 Å². The van der Waals surface area contributed by atoms with Crippen LogP contribution in [0.1, 0.15) is 12.5 Å². The molecule has 0 saturated heterocycles. The fourth-order valence-corrected chi connectivity index (χ4v) is 2.21. The summed E-state index contributed by atoms with van der Waals surface area (Å²) >= 11 is 1.42. The molecule has 0 aliphatic rings. The van der Waals surface area contributed by atoms with Crippen LogP contribution in [0.5, 0.6) is 0 Å². The quantitative estimate of drug-likeness (QED) is 0.869. The van der Waals surface area contributed by atoms with Gasteiger partial charge >= 0.3 is 0 Å². The van der Waals surface area contributed by atoms with E-state index >= 15 is 0 Å². The van der Waals surface area contributed by atoms with Crippen LogP contribution in [0, 0.1) is 0 Å². The number of nitrogen functional groups attached to an aromatic ring is 1. The van der Waals surface area contributed by atoms with Crippen LogP contribution in [0.25, 0.3) is 11.3 Å². The van der Waals surface area contributed by atoms with Crippen LogP contribution in [0.2, 0.25) is 0 Å². The molecule has 3 N–H and O–H groups in total. The number of rotatable bonds is 5. The smallest absolute Gasteiger partial charge is 0.180 e. The number of ether oxygens (including phenoxy) is 1. The van der Waals surface area contributed by atoms with Gasteiger partial charge in [0.1, 0.15) is 0 Å². The Kier molecular flexibility index (Phi) is 4.30. The molecule has 1 atom stereocenters. The van der Waals surface area contributed by atoms with Crippen molar-refractivity contribution in [1.82, 2.24) is 4.98 Å². The van der Waals surface area contributed by atoms with E-state index in [2.05, 4.69) is 4.98 Å². The summed E-state index contributed by atoms with van der Waals surface area (Å²) < 4.78 is 5.44. The Balaban J connectivity index is 2.15. The Hall–Kier alpha value is -1.43. The number of benzene rings is 1. The van der Waals surface area contributed by atoms with Crippen LogP contribution in [0.15, 0.2) is 29.6 Å². The maximum atomic E-state index is 9.17. The third kappa shape index (κ3) is 3.29. The number of aliphatic hydroxyl groups is 1. The van der Waals surface area contributed by atoms with E-state index in [0.717, 1.165) is 16.8 Å². The van der Waals surface area contributed by atoms with Gasteiger partial charge in [0, 0.05) is 10.9 Å². The summed E-state index contributed by atoms with van der Waals surface area (Å²) in [5, 5.41) is 11.7. The molecule has 1 heterocycles. The molecule has 0 bridgehead atoms. The highest BCUT2D eigenvalue weighted by molar-refractivity contribution is 7.13. The third-order valence-electron chi connectivity index (χ3n) is 2.43. The first-order valence-electron chi connectivity index (χ1n) is 5.72. The molecule has 1 unspecified atom stereocenters. The van der Waals surface area contributed by atoms with Gasteiger partial charge in [0.2, 0.25) is 0 Å². The van der Waals surface area contributed by atoms with E-state index in [1.165, 1.54) is 11.3 Å². The number of nitrogens with two attached hydrogens (primary N) is 1. The van der Waals surface area contributed by atoms with Crippen molar-refractivity contribution in [1.29, 1.82) is 0 Å². The SMILES string of the molecule is CC(O)COCc1ccccc1-c1csc(N)n1. The van der Waals surface area contributed by atoms with Gasteiger partial charge < -0.3 is 15.6 Å². The average Bonchev–Trinajstić information content (AvgIpc) is 2.76. The standard InChI is InChI=1S/C13H16N2O2S/c1-9(16)6-17-7-10-4-2-3-5-11(10)12-8-18-13(14)15-12/h2-5,8-9,16H,6-7H2,1H3,(H2,14,15). The molecule has 5 heteroatoms. The molecule has 96 valence electrons. The van der Waals surface area contributed by atoms with Crippen molar-refractivity contribution in [3.05, 3.63) is 35.2 Å². The minimum atomic E-state index is -0.452. The van der Waals surface area contributed by atoms with Gasteiger partial charge in [-0.2, -0.15) is 0 Å². The predicted molar refractivity (Wildman–Crippen MR) is 73.3 cm³/mol. The second-order valence-corrected chi connectivity index (χ2v) is 4.98. The Bertz CT molecular complexity index is 511. The second-order valence-electron chi connectivity index (χ2n) is 4.09. The summed E-state index contributed by atoms with van der Waals surface area (Å²) in [7, 11) is 0. The van der Waals surface area contributed by atoms with Crippen LogP contribution >= 0.6 is 11.3 Å². The highest BCUT2D eigenvalue weighted by atomic mass is 32.1. The third-order valence-corrected chi connectivity index (χ3v) is 3.11. The number of thiazole rings is 1. The lowest BCUT2D eigenvalue weighted by Crippen LogP contribution is -2.10. The molecule has 18 heavy (non-hydrogen) atoms. The zero-order chi connectivity index (χ0) is 13.0. The molecule has 0 aliphatic heterocycles. The number of hydrogen-bond acceptors (Lipinski definition) is 5. The van der Waals surface area contributed by atoms with Gasteiger partial charge in [0.25, 0.3) is 0 Å². The molecular weight excluding hydrogens is 248 g/mol. The Morgan fingerprint density at radius 1 is 1.44 bits per heavy atom. The molecule has 0 fully saturated rings. The Morgan fingerprint density at radius 2 is 2.22 bits per heavy atom. The molecule has 0 aliphatic carbocycles. The summed E-state index contributed by atoms with van der Waals surface area (Å²) in [5.74, 6) is 0. The highest BCUT2D eigenvalue weighted by Crippen LogP contribution is 2.26. The lowest BCUT2D eigenvalue weighted by Gasteiger charge is -2.09. The van der Waals surface area contributed by atoms with Crippen LogP contribution < -0.4 is 5.73 Å². The van der Waals surface area contributed by atoms with Gasteiger partial charge in [-0.25, -0.2) is 4.98 Å². The van der Waals surface area contributed by atoms with Gasteiger partial charge in [-0.3, -0.25) is 0 Å².